The number of hydrogen-bond donors (Lipinski definition) is 2. The minimum atomic E-state index is -0.564. The summed E-state index contributed by atoms with van der Waals surface area (Å²) in [6.45, 7) is 9.98. The lowest BCUT2D eigenvalue weighted by Gasteiger charge is -2.24. The maximum atomic E-state index is 12.3. The van der Waals surface area contributed by atoms with Crippen LogP contribution in [0.4, 0.5) is 0 Å². The molecule has 3 N–H and O–H groups in total. The molecule has 21 heavy (non-hydrogen) atoms. The molecule has 0 aromatic heterocycles. The Hall–Kier alpha value is -1.55. The second-order valence-corrected chi connectivity index (χ2v) is 6.25. The van der Waals surface area contributed by atoms with Crippen LogP contribution in [-0.2, 0) is 10.2 Å². The highest BCUT2D eigenvalue weighted by molar-refractivity contribution is 5.87. The molecule has 0 aliphatic rings. The van der Waals surface area contributed by atoms with E-state index in [1.807, 2.05) is 38.1 Å². The van der Waals surface area contributed by atoms with E-state index in [0.717, 1.165) is 17.7 Å². The first-order chi connectivity index (χ1) is 9.87. The van der Waals surface area contributed by atoms with Crippen LogP contribution in [0.3, 0.4) is 0 Å². The number of nitrogens with two attached hydrogens (primary N) is 1. The Morgan fingerprint density at radius 1 is 1.29 bits per heavy atom. The number of benzene rings is 1. The van der Waals surface area contributed by atoms with Crippen molar-refractivity contribution in [2.45, 2.75) is 39.5 Å². The largest absolute Gasteiger partial charge is 0.493 e. The van der Waals surface area contributed by atoms with Crippen LogP contribution in [-0.4, -0.2) is 25.6 Å². The van der Waals surface area contributed by atoms with Crippen molar-refractivity contribution < 1.29 is 9.53 Å². The van der Waals surface area contributed by atoms with E-state index < -0.39 is 5.41 Å². The van der Waals surface area contributed by atoms with Crippen molar-refractivity contribution in [1.82, 2.24) is 5.32 Å². The summed E-state index contributed by atoms with van der Waals surface area (Å²) in [5, 5.41) is 2.93. The van der Waals surface area contributed by atoms with Crippen molar-refractivity contribution in [2.24, 2.45) is 11.7 Å². The van der Waals surface area contributed by atoms with Crippen molar-refractivity contribution in [2.75, 3.05) is 19.7 Å². The second-order valence-electron chi connectivity index (χ2n) is 6.25. The SMILES string of the molecule is CC(C)COc1ccc(C(C)(C)C(=O)NCCCN)cc1. The van der Waals surface area contributed by atoms with Crippen LogP contribution in [0.25, 0.3) is 0 Å². The van der Waals surface area contributed by atoms with Crippen LogP contribution in [0.1, 0.15) is 39.7 Å². The first-order valence-electron chi connectivity index (χ1n) is 7.59. The van der Waals surface area contributed by atoms with Gasteiger partial charge in [0.1, 0.15) is 5.75 Å². The number of amides is 1. The van der Waals surface area contributed by atoms with E-state index in [2.05, 4.69) is 19.2 Å². The summed E-state index contributed by atoms with van der Waals surface area (Å²) in [5.41, 5.74) is 5.85. The van der Waals surface area contributed by atoms with E-state index in [4.69, 9.17) is 10.5 Å². The maximum absolute atomic E-state index is 12.3. The number of hydrogen-bond acceptors (Lipinski definition) is 3. The van der Waals surface area contributed by atoms with E-state index >= 15 is 0 Å². The predicted octanol–water partition coefficient (Wildman–Crippen LogP) is 2.46. The summed E-state index contributed by atoms with van der Waals surface area (Å²) >= 11 is 0. The van der Waals surface area contributed by atoms with Crippen molar-refractivity contribution in [3.05, 3.63) is 29.8 Å². The van der Waals surface area contributed by atoms with Gasteiger partial charge < -0.3 is 15.8 Å². The quantitative estimate of drug-likeness (QED) is 0.723. The number of nitrogens with one attached hydrogen (secondary N) is 1. The highest BCUT2D eigenvalue weighted by Crippen LogP contribution is 2.25. The summed E-state index contributed by atoms with van der Waals surface area (Å²) in [5.74, 6) is 1.35. The molecular formula is C17H28N2O2. The standard InChI is InChI=1S/C17H28N2O2/c1-13(2)12-21-15-8-6-14(7-9-15)17(3,4)16(20)19-11-5-10-18/h6-9,13H,5,10-12,18H2,1-4H3,(H,19,20). The molecule has 0 saturated carbocycles. The fraction of sp³-hybridized carbons (Fsp3) is 0.588. The van der Waals surface area contributed by atoms with E-state index in [9.17, 15) is 4.79 Å². The molecule has 0 fully saturated rings. The van der Waals surface area contributed by atoms with E-state index in [1.165, 1.54) is 0 Å². The van der Waals surface area contributed by atoms with Gasteiger partial charge in [-0.1, -0.05) is 26.0 Å². The Morgan fingerprint density at radius 3 is 2.43 bits per heavy atom. The van der Waals surface area contributed by atoms with Gasteiger partial charge in [0, 0.05) is 6.54 Å². The molecule has 1 aromatic carbocycles. The Morgan fingerprint density at radius 2 is 1.90 bits per heavy atom. The van der Waals surface area contributed by atoms with Crippen LogP contribution in [0.5, 0.6) is 5.75 Å². The average Bonchev–Trinajstić information content (AvgIpc) is 2.45. The molecule has 0 aliphatic heterocycles. The molecule has 0 atom stereocenters. The van der Waals surface area contributed by atoms with Gasteiger partial charge in [-0.15, -0.1) is 0 Å². The molecule has 1 aromatic rings. The van der Waals surface area contributed by atoms with Crippen LogP contribution in [0, 0.1) is 5.92 Å². The smallest absolute Gasteiger partial charge is 0.230 e. The molecule has 0 bridgehead atoms. The van der Waals surface area contributed by atoms with Crippen LogP contribution < -0.4 is 15.8 Å². The lowest BCUT2D eigenvalue weighted by atomic mass is 9.83. The van der Waals surface area contributed by atoms with Gasteiger partial charge >= 0.3 is 0 Å². The summed E-state index contributed by atoms with van der Waals surface area (Å²) in [7, 11) is 0. The fourth-order valence-corrected chi connectivity index (χ4v) is 1.89. The van der Waals surface area contributed by atoms with Gasteiger partial charge in [-0.2, -0.15) is 0 Å². The topological polar surface area (TPSA) is 64.3 Å². The summed E-state index contributed by atoms with van der Waals surface area (Å²) in [4.78, 5) is 12.3. The minimum Gasteiger partial charge on any atom is -0.493 e. The Kier molecular flexibility index (Phi) is 6.69. The van der Waals surface area contributed by atoms with E-state index in [0.29, 0.717) is 25.6 Å². The molecule has 1 rings (SSSR count). The normalized spacial score (nSPS) is 11.5. The Labute approximate surface area is 128 Å². The zero-order chi connectivity index (χ0) is 15.9. The summed E-state index contributed by atoms with van der Waals surface area (Å²) < 4.78 is 5.66. The second kappa shape index (κ2) is 8.03. The molecule has 1 amide bonds. The third-order valence-corrected chi connectivity index (χ3v) is 3.39. The molecule has 0 aliphatic carbocycles. The highest BCUT2D eigenvalue weighted by Gasteiger charge is 2.29. The van der Waals surface area contributed by atoms with Gasteiger partial charge in [0.05, 0.1) is 12.0 Å². The Bertz CT molecular complexity index is 439. The van der Waals surface area contributed by atoms with Gasteiger partial charge in [-0.3, -0.25) is 4.79 Å². The molecule has 0 saturated heterocycles. The van der Waals surface area contributed by atoms with Gasteiger partial charge in [-0.25, -0.2) is 0 Å². The maximum Gasteiger partial charge on any atom is 0.230 e. The molecular weight excluding hydrogens is 264 g/mol. The van der Waals surface area contributed by atoms with Gasteiger partial charge in [0.2, 0.25) is 5.91 Å². The number of carbonyl (C=O) groups excluding carboxylic acids is 1. The molecule has 4 heteroatoms. The molecule has 118 valence electrons. The predicted molar refractivity (Wildman–Crippen MR) is 86.5 cm³/mol. The third kappa shape index (κ3) is 5.38. The van der Waals surface area contributed by atoms with Gasteiger partial charge in [-0.05, 0) is 50.4 Å². The monoisotopic (exact) mass is 292 g/mol. The van der Waals surface area contributed by atoms with Crippen LogP contribution in [0.15, 0.2) is 24.3 Å². The molecule has 0 heterocycles. The van der Waals surface area contributed by atoms with E-state index in [-0.39, 0.29) is 5.91 Å². The van der Waals surface area contributed by atoms with Crippen molar-refractivity contribution in [3.8, 4) is 5.75 Å². The highest BCUT2D eigenvalue weighted by atomic mass is 16.5. The average molecular weight is 292 g/mol. The number of rotatable bonds is 8. The van der Waals surface area contributed by atoms with Crippen LogP contribution >= 0.6 is 0 Å². The lowest BCUT2D eigenvalue weighted by Crippen LogP contribution is -2.40. The van der Waals surface area contributed by atoms with Crippen molar-refractivity contribution >= 4 is 5.91 Å². The minimum absolute atomic E-state index is 0.0202. The first kappa shape index (κ1) is 17.5. The van der Waals surface area contributed by atoms with Gasteiger partial charge in [0.15, 0.2) is 0 Å². The third-order valence-electron chi connectivity index (χ3n) is 3.39. The van der Waals surface area contributed by atoms with Crippen LogP contribution in [0.2, 0.25) is 0 Å². The van der Waals surface area contributed by atoms with Crippen molar-refractivity contribution in [3.63, 3.8) is 0 Å². The molecule has 0 unspecified atom stereocenters. The van der Waals surface area contributed by atoms with Gasteiger partial charge in [0.25, 0.3) is 0 Å². The zero-order valence-corrected chi connectivity index (χ0v) is 13.6. The summed E-state index contributed by atoms with van der Waals surface area (Å²) in [6.07, 6.45) is 0.795. The van der Waals surface area contributed by atoms with Crippen molar-refractivity contribution in [1.29, 1.82) is 0 Å². The number of ether oxygens (including phenoxy) is 1. The number of carbonyl (C=O) groups is 1. The lowest BCUT2D eigenvalue weighted by molar-refractivity contribution is -0.125. The zero-order valence-electron chi connectivity index (χ0n) is 13.6. The fourth-order valence-electron chi connectivity index (χ4n) is 1.89. The van der Waals surface area contributed by atoms with E-state index in [1.54, 1.807) is 0 Å². The molecule has 0 spiro atoms. The first-order valence-corrected chi connectivity index (χ1v) is 7.59. The summed E-state index contributed by atoms with van der Waals surface area (Å²) in [6, 6.07) is 7.76. The Balaban J connectivity index is 2.67. The molecule has 4 nitrogen and oxygen atoms in total. The molecule has 0 radical (unpaired) electrons.